The van der Waals surface area contributed by atoms with Crippen molar-refractivity contribution in [2.75, 3.05) is 26.8 Å². The number of hydrogen-bond donors (Lipinski definition) is 9. The Kier molecular flexibility index (Phi) is 14.4. The largest absolute Gasteiger partial charge is 0.508 e. The number of aromatic hydroxyl groups is 1. The van der Waals surface area contributed by atoms with E-state index in [0.29, 0.717) is 11.1 Å². The van der Waals surface area contributed by atoms with Gasteiger partial charge in [0.2, 0.25) is 29.5 Å². The van der Waals surface area contributed by atoms with Crippen molar-refractivity contribution < 1.29 is 53.9 Å². The first-order valence-electron chi connectivity index (χ1n) is 15.5. The zero-order chi connectivity index (χ0) is 36.2. The summed E-state index contributed by atoms with van der Waals surface area (Å²) in [4.78, 5) is 65.3. The average Bonchev–Trinajstić information content (AvgIpc) is 3.08. The summed E-state index contributed by atoms with van der Waals surface area (Å²) >= 11 is 0. The molecule has 1 aliphatic heterocycles. The minimum Gasteiger partial charge on any atom is -0.508 e. The number of rotatable bonds is 16. The number of nitrogens with zero attached hydrogens (tertiary/aromatic N) is 1. The molecule has 1 saturated heterocycles. The Hall–Kier alpha value is -4.65. The second-order valence-electron chi connectivity index (χ2n) is 11.7. The number of carbonyl (C=O) groups is 5. The van der Waals surface area contributed by atoms with Gasteiger partial charge in [0.25, 0.3) is 0 Å². The van der Waals surface area contributed by atoms with Crippen LogP contribution in [-0.2, 0) is 46.3 Å². The molecule has 0 aromatic heterocycles. The van der Waals surface area contributed by atoms with Crippen LogP contribution < -0.4 is 27.4 Å². The highest BCUT2D eigenvalue weighted by Gasteiger charge is 2.39. The quantitative estimate of drug-likeness (QED) is 0.0827. The fourth-order valence-electron chi connectivity index (χ4n) is 4.80. The van der Waals surface area contributed by atoms with E-state index in [9.17, 15) is 44.4 Å². The number of phenols is 1. The number of aliphatic hydroxyl groups excluding tert-OH is 3. The van der Waals surface area contributed by atoms with E-state index in [1.807, 2.05) is 0 Å². The van der Waals surface area contributed by atoms with Crippen molar-refractivity contribution in [2.24, 2.45) is 11.5 Å². The molecule has 8 atom stereocenters. The van der Waals surface area contributed by atoms with E-state index in [-0.39, 0.29) is 25.2 Å². The number of likely N-dealkylation sites (N-methyl/N-ethyl adjacent to an activating group) is 1. The minimum atomic E-state index is -1.64. The molecule has 49 heavy (non-hydrogen) atoms. The molecule has 17 nitrogen and oxygen atoms in total. The summed E-state index contributed by atoms with van der Waals surface area (Å²) in [6, 6.07) is 10.2. The lowest BCUT2D eigenvalue weighted by Crippen LogP contribution is -2.58. The molecule has 2 aromatic rings. The van der Waals surface area contributed by atoms with Crippen molar-refractivity contribution in [2.45, 2.75) is 68.5 Å². The van der Waals surface area contributed by atoms with Gasteiger partial charge in [-0.1, -0.05) is 42.5 Å². The molecular formula is C32H44N6O11. The smallest absolute Gasteiger partial charge is 0.243 e. The Morgan fingerprint density at radius 2 is 1.55 bits per heavy atom. The predicted molar refractivity (Wildman–Crippen MR) is 172 cm³/mol. The number of hydrogen-bond acceptors (Lipinski definition) is 12. The van der Waals surface area contributed by atoms with E-state index in [1.54, 1.807) is 42.5 Å². The highest BCUT2D eigenvalue weighted by Crippen LogP contribution is 2.17. The van der Waals surface area contributed by atoms with E-state index in [1.165, 1.54) is 26.1 Å². The number of amides is 5. The lowest BCUT2D eigenvalue weighted by molar-refractivity contribution is -0.270. The summed E-state index contributed by atoms with van der Waals surface area (Å²) in [5, 5.41) is 46.4. The maximum atomic E-state index is 13.5. The third kappa shape index (κ3) is 11.5. The molecule has 5 amide bonds. The molecule has 17 heteroatoms. The highest BCUT2D eigenvalue weighted by atomic mass is 16.7. The third-order valence-electron chi connectivity index (χ3n) is 7.87. The molecular weight excluding hydrogens is 644 g/mol. The monoisotopic (exact) mass is 688 g/mol. The van der Waals surface area contributed by atoms with Crippen LogP contribution in [0, 0.1) is 0 Å². The Morgan fingerprint density at radius 1 is 0.918 bits per heavy atom. The van der Waals surface area contributed by atoms with Crippen LogP contribution in [-0.4, -0.2) is 130 Å². The molecule has 268 valence electrons. The van der Waals surface area contributed by atoms with Gasteiger partial charge in [-0.05, 0) is 36.6 Å². The lowest BCUT2D eigenvalue weighted by atomic mass is 10.0. The van der Waals surface area contributed by atoms with E-state index < -0.39 is 91.5 Å². The molecule has 0 aliphatic carbocycles. The van der Waals surface area contributed by atoms with Gasteiger partial charge in [0.05, 0.1) is 25.8 Å². The first-order valence-corrected chi connectivity index (χ1v) is 15.5. The molecule has 0 saturated carbocycles. The molecule has 1 heterocycles. The van der Waals surface area contributed by atoms with Crippen LogP contribution in [0.3, 0.4) is 0 Å². The molecule has 0 spiro atoms. The van der Waals surface area contributed by atoms with Crippen molar-refractivity contribution in [3.05, 3.63) is 65.7 Å². The van der Waals surface area contributed by atoms with Crippen molar-refractivity contribution in [3.8, 4) is 5.75 Å². The summed E-state index contributed by atoms with van der Waals surface area (Å²) in [5.41, 5.74) is 12.8. The maximum Gasteiger partial charge on any atom is 0.243 e. The Labute approximate surface area is 282 Å². The summed E-state index contributed by atoms with van der Waals surface area (Å²) in [7, 11) is 1.34. The fourth-order valence-corrected chi connectivity index (χ4v) is 4.80. The summed E-state index contributed by atoms with van der Waals surface area (Å²) < 4.78 is 10.5. The van der Waals surface area contributed by atoms with Crippen LogP contribution in [0.15, 0.2) is 54.6 Å². The normalized spacial score (nSPS) is 21.3. The number of nitrogens with two attached hydrogens (primary N) is 2. The third-order valence-corrected chi connectivity index (χ3v) is 7.87. The second kappa shape index (κ2) is 18.2. The van der Waals surface area contributed by atoms with Crippen LogP contribution in [0.5, 0.6) is 5.75 Å². The van der Waals surface area contributed by atoms with Crippen LogP contribution in [0.1, 0.15) is 18.1 Å². The number of nitrogens with one attached hydrogen (secondary N) is 3. The van der Waals surface area contributed by atoms with E-state index in [2.05, 4.69) is 16.0 Å². The molecule has 0 radical (unpaired) electrons. The predicted octanol–water partition coefficient (Wildman–Crippen LogP) is -3.62. The second-order valence-corrected chi connectivity index (χ2v) is 11.7. The lowest BCUT2D eigenvalue weighted by Gasteiger charge is -2.35. The number of carbonyl (C=O) groups excluding carboxylic acids is 5. The Bertz CT molecular complexity index is 1430. The number of benzene rings is 2. The maximum absolute atomic E-state index is 13.5. The first kappa shape index (κ1) is 38.8. The molecule has 2 aromatic carbocycles. The van der Waals surface area contributed by atoms with Gasteiger partial charge in [0.15, 0.2) is 6.29 Å². The Morgan fingerprint density at radius 3 is 2.18 bits per heavy atom. The minimum absolute atomic E-state index is 0.00904. The van der Waals surface area contributed by atoms with E-state index in [4.69, 9.17) is 20.9 Å². The standard InChI is InChI=1S/C32H44N6O11/c1-17(36-30(46)21(33)12-19-8-10-20(39)11-9-19)29(45)35-14-25(41)38(2)23(13-18-6-4-3-5-7-18)31(47)37-22(28(34)44)15-48-32-27(43)26(42)24(40)16-49-32/h3-11,17,21-24,26-27,32,39-40,42-43H,12-16,33H2,1-2H3,(H2,34,44)(H,35,45)(H,36,46)(H,37,47)/t17-,21+,22+,23+,24-,26+,27-,32-/m1/s1. The van der Waals surface area contributed by atoms with Crippen LogP contribution in [0.2, 0.25) is 0 Å². The number of aliphatic hydroxyl groups is 3. The van der Waals surface area contributed by atoms with Crippen molar-refractivity contribution in [3.63, 3.8) is 0 Å². The molecule has 1 fully saturated rings. The Balaban J connectivity index is 1.60. The van der Waals surface area contributed by atoms with Crippen LogP contribution >= 0.6 is 0 Å². The topological polar surface area (TPSA) is 276 Å². The SMILES string of the molecule is C[C@@H](NC(=O)[C@@H](N)Cc1ccc(O)cc1)C(=O)NCC(=O)N(C)[C@@H](Cc1ccccc1)C(=O)N[C@@H](CO[C@@H]1OC[C@@H](O)[C@H](O)[C@H]1O)C(N)=O. The first-order chi connectivity index (χ1) is 23.2. The van der Waals surface area contributed by atoms with Gasteiger partial charge < -0.3 is 62.2 Å². The van der Waals surface area contributed by atoms with Gasteiger partial charge in [-0.25, -0.2) is 0 Å². The number of ether oxygens (including phenoxy) is 2. The van der Waals surface area contributed by atoms with Gasteiger partial charge in [-0.2, -0.15) is 0 Å². The van der Waals surface area contributed by atoms with Gasteiger partial charge in [0, 0.05) is 13.5 Å². The zero-order valence-corrected chi connectivity index (χ0v) is 27.1. The summed E-state index contributed by atoms with van der Waals surface area (Å²) in [5.74, 6) is -3.70. The van der Waals surface area contributed by atoms with Crippen molar-refractivity contribution in [1.29, 1.82) is 0 Å². The van der Waals surface area contributed by atoms with Crippen LogP contribution in [0.4, 0.5) is 0 Å². The van der Waals surface area contributed by atoms with Gasteiger partial charge in [-0.3, -0.25) is 24.0 Å². The van der Waals surface area contributed by atoms with E-state index in [0.717, 1.165) is 4.90 Å². The van der Waals surface area contributed by atoms with Crippen LogP contribution in [0.25, 0.3) is 0 Å². The zero-order valence-electron chi connectivity index (χ0n) is 27.1. The van der Waals surface area contributed by atoms with Crippen molar-refractivity contribution >= 4 is 29.5 Å². The summed E-state index contributed by atoms with van der Waals surface area (Å²) in [6.45, 7) is -0.0495. The van der Waals surface area contributed by atoms with Gasteiger partial charge in [-0.15, -0.1) is 0 Å². The average molecular weight is 689 g/mol. The number of primary amides is 1. The van der Waals surface area contributed by atoms with Gasteiger partial charge in [0.1, 0.15) is 42.2 Å². The molecule has 0 bridgehead atoms. The van der Waals surface area contributed by atoms with Gasteiger partial charge >= 0.3 is 0 Å². The molecule has 11 N–H and O–H groups in total. The van der Waals surface area contributed by atoms with Crippen molar-refractivity contribution in [1.82, 2.24) is 20.9 Å². The fraction of sp³-hybridized carbons (Fsp3) is 0.469. The van der Waals surface area contributed by atoms with E-state index >= 15 is 0 Å². The number of phenolic OH excluding ortho intramolecular Hbond substituents is 1. The molecule has 1 aliphatic rings. The highest BCUT2D eigenvalue weighted by molar-refractivity contribution is 5.94. The molecule has 0 unspecified atom stereocenters. The molecule has 3 rings (SSSR count). The summed E-state index contributed by atoms with van der Waals surface area (Å²) in [6.07, 6.45) is -5.82.